The van der Waals surface area contributed by atoms with Crippen LogP contribution >= 0.6 is 11.3 Å². The molecule has 4 rings (SSSR count). The molecule has 134 valence electrons. The fourth-order valence-corrected chi connectivity index (χ4v) is 4.70. The Hall–Kier alpha value is -2.24. The SMILES string of the molecule is C=CC(N)CC1CCN(c2ncnc3scc(-c4ccccc4)c23)CC1. The number of hydrogen-bond donors (Lipinski definition) is 1. The van der Waals surface area contributed by atoms with Gasteiger partial charge in [0.1, 0.15) is 17.0 Å². The van der Waals surface area contributed by atoms with Gasteiger partial charge in [0.25, 0.3) is 0 Å². The van der Waals surface area contributed by atoms with Crippen LogP contribution in [0.3, 0.4) is 0 Å². The summed E-state index contributed by atoms with van der Waals surface area (Å²) in [5, 5.41) is 3.39. The first-order valence-electron chi connectivity index (χ1n) is 9.17. The van der Waals surface area contributed by atoms with Crippen LogP contribution in [0.5, 0.6) is 0 Å². The third kappa shape index (κ3) is 3.37. The van der Waals surface area contributed by atoms with E-state index in [0.29, 0.717) is 5.92 Å². The molecule has 0 saturated carbocycles. The molecular formula is C21H24N4S. The number of benzene rings is 1. The highest BCUT2D eigenvalue weighted by atomic mass is 32.1. The van der Waals surface area contributed by atoms with Crippen LogP contribution in [-0.2, 0) is 0 Å². The van der Waals surface area contributed by atoms with Gasteiger partial charge in [0.05, 0.1) is 5.39 Å². The number of fused-ring (bicyclic) bond motifs is 1. The Bertz CT molecular complexity index is 881. The van der Waals surface area contributed by atoms with E-state index in [0.717, 1.165) is 43.0 Å². The molecular weight excluding hydrogens is 340 g/mol. The standard InChI is InChI=1S/C21H24N4S/c1-2-17(22)12-15-8-10-25(11-9-15)20-19-18(16-6-4-3-5-7-16)13-26-21(19)24-14-23-20/h2-7,13-15,17H,1,8-12,22H2. The lowest BCUT2D eigenvalue weighted by molar-refractivity contribution is 0.369. The predicted molar refractivity (Wildman–Crippen MR) is 111 cm³/mol. The molecule has 3 aromatic rings. The number of piperidine rings is 1. The average molecular weight is 365 g/mol. The van der Waals surface area contributed by atoms with Crippen LogP contribution in [-0.4, -0.2) is 29.1 Å². The molecule has 2 N–H and O–H groups in total. The molecule has 1 fully saturated rings. The van der Waals surface area contributed by atoms with Gasteiger partial charge in [-0.1, -0.05) is 36.4 Å². The normalized spacial score (nSPS) is 16.7. The summed E-state index contributed by atoms with van der Waals surface area (Å²) in [6.45, 7) is 5.84. The molecule has 1 aliphatic heterocycles. The maximum atomic E-state index is 6.04. The van der Waals surface area contributed by atoms with Gasteiger partial charge < -0.3 is 10.6 Å². The highest BCUT2D eigenvalue weighted by Crippen LogP contribution is 2.38. The van der Waals surface area contributed by atoms with Crippen molar-refractivity contribution in [3.63, 3.8) is 0 Å². The van der Waals surface area contributed by atoms with Crippen molar-refractivity contribution in [3.05, 3.63) is 54.7 Å². The number of anilines is 1. The molecule has 0 radical (unpaired) electrons. The minimum absolute atomic E-state index is 0.110. The number of nitrogens with zero attached hydrogens (tertiary/aromatic N) is 3. The van der Waals surface area contributed by atoms with E-state index < -0.39 is 0 Å². The van der Waals surface area contributed by atoms with Crippen molar-refractivity contribution in [1.82, 2.24) is 9.97 Å². The zero-order chi connectivity index (χ0) is 17.9. The summed E-state index contributed by atoms with van der Waals surface area (Å²) >= 11 is 1.69. The van der Waals surface area contributed by atoms with E-state index in [9.17, 15) is 0 Å². The Morgan fingerprint density at radius 3 is 2.73 bits per heavy atom. The molecule has 1 aliphatic rings. The van der Waals surface area contributed by atoms with Crippen molar-refractivity contribution < 1.29 is 0 Å². The first kappa shape index (κ1) is 17.2. The number of hydrogen-bond acceptors (Lipinski definition) is 5. The molecule has 2 aromatic heterocycles. The largest absolute Gasteiger partial charge is 0.356 e. The molecule has 5 heteroatoms. The molecule has 1 saturated heterocycles. The number of nitrogens with two attached hydrogens (primary N) is 1. The van der Waals surface area contributed by atoms with Crippen LogP contribution < -0.4 is 10.6 Å². The van der Waals surface area contributed by atoms with Crippen LogP contribution in [0.2, 0.25) is 0 Å². The lowest BCUT2D eigenvalue weighted by Crippen LogP contribution is -2.36. The van der Waals surface area contributed by atoms with Gasteiger partial charge in [0.2, 0.25) is 0 Å². The summed E-state index contributed by atoms with van der Waals surface area (Å²) in [7, 11) is 0. The maximum absolute atomic E-state index is 6.04. The van der Waals surface area contributed by atoms with Gasteiger partial charge in [-0.15, -0.1) is 17.9 Å². The van der Waals surface area contributed by atoms with E-state index in [4.69, 9.17) is 5.73 Å². The van der Waals surface area contributed by atoms with Crippen LogP contribution in [0.15, 0.2) is 54.7 Å². The molecule has 1 aromatic carbocycles. The second kappa shape index (κ2) is 7.56. The average Bonchev–Trinajstić information content (AvgIpc) is 3.13. The highest BCUT2D eigenvalue weighted by Gasteiger charge is 2.24. The zero-order valence-electron chi connectivity index (χ0n) is 14.8. The molecule has 26 heavy (non-hydrogen) atoms. The van der Waals surface area contributed by atoms with Crippen LogP contribution in [0.25, 0.3) is 21.3 Å². The summed E-state index contributed by atoms with van der Waals surface area (Å²) < 4.78 is 0. The fraction of sp³-hybridized carbons (Fsp3) is 0.333. The second-order valence-corrected chi connectivity index (χ2v) is 7.82. The Labute approximate surface area is 158 Å². The van der Waals surface area contributed by atoms with E-state index in [1.807, 2.05) is 12.1 Å². The van der Waals surface area contributed by atoms with Crippen molar-refractivity contribution in [2.24, 2.45) is 11.7 Å². The quantitative estimate of drug-likeness (QED) is 0.678. The highest BCUT2D eigenvalue weighted by molar-refractivity contribution is 7.17. The summed E-state index contributed by atoms with van der Waals surface area (Å²) in [5.74, 6) is 1.74. The fourth-order valence-electron chi connectivity index (χ4n) is 3.79. The number of rotatable bonds is 5. The van der Waals surface area contributed by atoms with E-state index in [1.165, 1.54) is 16.5 Å². The first-order valence-corrected chi connectivity index (χ1v) is 10.0. The lowest BCUT2D eigenvalue weighted by Gasteiger charge is -2.34. The van der Waals surface area contributed by atoms with Crippen molar-refractivity contribution >= 4 is 27.4 Å². The molecule has 3 heterocycles. The van der Waals surface area contributed by atoms with Gasteiger partial charge in [0.15, 0.2) is 0 Å². The number of thiophene rings is 1. The Kier molecular flexibility index (Phi) is 5.00. The van der Waals surface area contributed by atoms with Crippen molar-refractivity contribution in [2.75, 3.05) is 18.0 Å². The summed E-state index contributed by atoms with van der Waals surface area (Å²) in [5.41, 5.74) is 8.50. The van der Waals surface area contributed by atoms with Crippen molar-refractivity contribution in [3.8, 4) is 11.1 Å². The number of aromatic nitrogens is 2. The second-order valence-electron chi connectivity index (χ2n) is 6.96. The summed E-state index contributed by atoms with van der Waals surface area (Å²) in [4.78, 5) is 12.6. The third-order valence-corrected chi connectivity index (χ3v) is 6.14. The van der Waals surface area contributed by atoms with Crippen molar-refractivity contribution in [2.45, 2.75) is 25.3 Å². The molecule has 0 amide bonds. The van der Waals surface area contributed by atoms with Gasteiger partial charge in [-0.05, 0) is 30.7 Å². The minimum atomic E-state index is 0.110. The van der Waals surface area contributed by atoms with E-state index in [2.05, 4.69) is 51.1 Å². The maximum Gasteiger partial charge on any atom is 0.141 e. The summed E-state index contributed by atoms with van der Waals surface area (Å²) in [6, 6.07) is 10.6. The monoisotopic (exact) mass is 364 g/mol. The van der Waals surface area contributed by atoms with Crippen molar-refractivity contribution in [1.29, 1.82) is 0 Å². The lowest BCUT2D eigenvalue weighted by atomic mass is 9.90. The zero-order valence-corrected chi connectivity index (χ0v) is 15.7. The van der Waals surface area contributed by atoms with Gasteiger partial charge in [-0.3, -0.25) is 0 Å². The van der Waals surface area contributed by atoms with E-state index in [1.54, 1.807) is 17.7 Å². The van der Waals surface area contributed by atoms with E-state index >= 15 is 0 Å². The van der Waals surface area contributed by atoms with Gasteiger partial charge in [-0.2, -0.15) is 0 Å². The molecule has 4 nitrogen and oxygen atoms in total. The Morgan fingerprint density at radius 2 is 2.00 bits per heavy atom. The Balaban J connectivity index is 1.62. The first-order chi connectivity index (χ1) is 12.8. The molecule has 0 aliphatic carbocycles. The van der Waals surface area contributed by atoms with Gasteiger partial charge in [0, 0.05) is 30.1 Å². The third-order valence-electron chi connectivity index (χ3n) is 5.26. The Morgan fingerprint density at radius 1 is 1.23 bits per heavy atom. The smallest absolute Gasteiger partial charge is 0.141 e. The van der Waals surface area contributed by atoms with Crippen LogP contribution in [0.1, 0.15) is 19.3 Å². The molecule has 0 spiro atoms. The van der Waals surface area contributed by atoms with Gasteiger partial charge in [-0.25, -0.2) is 9.97 Å². The molecule has 1 unspecified atom stereocenters. The predicted octanol–water partition coefficient (Wildman–Crippen LogP) is 4.48. The van der Waals surface area contributed by atoms with Crippen LogP contribution in [0, 0.1) is 5.92 Å². The molecule has 1 atom stereocenters. The topological polar surface area (TPSA) is 55.0 Å². The molecule has 0 bridgehead atoms. The minimum Gasteiger partial charge on any atom is -0.356 e. The van der Waals surface area contributed by atoms with E-state index in [-0.39, 0.29) is 6.04 Å². The summed E-state index contributed by atoms with van der Waals surface area (Å²) in [6.07, 6.45) is 6.89. The van der Waals surface area contributed by atoms with Gasteiger partial charge >= 0.3 is 0 Å². The van der Waals surface area contributed by atoms with Crippen LogP contribution in [0.4, 0.5) is 5.82 Å².